The van der Waals surface area contributed by atoms with Crippen LogP contribution in [-0.4, -0.2) is 34.0 Å². The van der Waals surface area contributed by atoms with Crippen molar-refractivity contribution in [2.24, 2.45) is 5.92 Å². The van der Waals surface area contributed by atoms with Crippen molar-refractivity contribution in [1.82, 2.24) is 15.0 Å². The van der Waals surface area contributed by atoms with Crippen LogP contribution in [0.2, 0.25) is 0 Å². The molecule has 1 amide bonds. The maximum Gasteiger partial charge on any atom is 0.416 e. The van der Waals surface area contributed by atoms with E-state index in [1.807, 2.05) is 37.3 Å². The number of hydrogen-bond donors (Lipinski definition) is 1. The number of amides is 1. The Balaban J connectivity index is 1.44. The van der Waals surface area contributed by atoms with Gasteiger partial charge in [0.1, 0.15) is 0 Å². The lowest BCUT2D eigenvalue weighted by molar-refractivity contribution is -0.137. The molecular weight excluding hydrogens is 421 g/mol. The molecule has 0 spiro atoms. The number of aromatic nitrogens is 2. The summed E-state index contributed by atoms with van der Waals surface area (Å²) in [6.07, 6.45) is -2.83. The molecule has 0 saturated carbocycles. The van der Waals surface area contributed by atoms with Gasteiger partial charge >= 0.3 is 6.18 Å². The number of hydrogen-bond acceptors (Lipinski definition) is 5. The van der Waals surface area contributed by atoms with Crippen LogP contribution in [0, 0.1) is 5.92 Å². The number of alkyl halides is 3. The van der Waals surface area contributed by atoms with Crippen LogP contribution < -0.4 is 5.32 Å². The fourth-order valence-corrected chi connectivity index (χ4v) is 3.85. The highest BCUT2D eigenvalue weighted by Gasteiger charge is 2.32. The quantitative estimate of drug-likeness (QED) is 0.588. The molecule has 1 N–H and O–H groups in total. The molecule has 1 aromatic heterocycles. The average Bonchev–Trinajstić information content (AvgIpc) is 3.29. The predicted octanol–water partition coefficient (Wildman–Crippen LogP) is 5.17. The molecule has 2 atom stereocenters. The summed E-state index contributed by atoms with van der Waals surface area (Å²) in [6.45, 7) is 3.18. The number of likely N-dealkylation sites (tertiary alicyclic amines) is 1. The molecule has 168 valence electrons. The molecule has 1 aliphatic rings. The van der Waals surface area contributed by atoms with Gasteiger partial charge in [-0.3, -0.25) is 9.69 Å². The first-order valence-corrected chi connectivity index (χ1v) is 10.4. The largest absolute Gasteiger partial charge is 0.416 e. The molecule has 0 bridgehead atoms. The van der Waals surface area contributed by atoms with Crippen molar-refractivity contribution in [1.29, 1.82) is 0 Å². The Morgan fingerprint density at radius 2 is 1.97 bits per heavy atom. The second kappa shape index (κ2) is 9.12. The monoisotopic (exact) mass is 444 g/mol. The SMILES string of the molecule is C[C@H](c1nc(-c2cccc(C(F)(F)F)c2)no1)N1CCC[C@@H](C(=O)Nc2ccccc2)C1. The highest BCUT2D eigenvalue weighted by molar-refractivity contribution is 5.92. The number of halogens is 3. The molecule has 0 unspecified atom stereocenters. The summed E-state index contributed by atoms with van der Waals surface area (Å²) >= 11 is 0. The van der Waals surface area contributed by atoms with Gasteiger partial charge in [-0.15, -0.1) is 0 Å². The van der Waals surface area contributed by atoms with Gasteiger partial charge < -0.3 is 9.84 Å². The Kier molecular flexibility index (Phi) is 6.27. The van der Waals surface area contributed by atoms with Gasteiger partial charge in [-0.1, -0.05) is 35.5 Å². The minimum absolute atomic E-state index is 0.0386. The highest BCUT2D eigenvalue weighted by atomic mass is 19.4. The van der Waals surface area contributed by atoms with E-state index < -0.39 is 11.7 Å². The zero-order chi connectivity index (χ0) is 22.7. The first-order valence-electron chi connectivity index (χ1n) is 10.4. The van der Waals surface area contributed by atoms with E-state index in [4.69, 9.17) is 4.52 Å². The van der Waals surface area contributed by atoms with Gasteiger partial charge in [-0.25, -0.2) is 0 Å². The predicted molar refractivity (Wildman–Crippen MR) is 113 cm³/mol. The maximum absolute atomic E-state index is 13.0. The maximum atomic E-state index is 13.0. The van der Waals surface area contributed by atoms with Gasteiger partial charge in [0.15, 0.2) is 0 Å². The Hall–Kier alpha value is -3.20. The van der Waals surface area contributed by atoms with E-state index in [2.05, 4.69) is 20.4 Å². The number of carbonyl (C=O) groups excluding carboxylic acids is 1. The third-order valence-corrected chi connectivity index (χ3v) is 5.66. The van der Waals surface area contributed by atoms with Crippen LogP contribution in [0.1, 0.15) is 37.3 Å². The molecule has 32 heavy (non-hydrogen) atoms. The Morgan fingerprint density at radius 1 is 1.19 bits per heavy atom. The number of benzene rings is 2. The van der Waals surface area contributed by atoms with E-state index in [-0.39, 0.29) is 29.3 Å². The lowest BCUT2D eigenvalue weighted by Crippen LogP contribution is -2.41. The van der Waals surface area contributed by atoms with Gasteiger partial charge in [0.25, 0.3) is 0 Å². The first-order chi connectivity index (χ1) is 15.3. The van der Waals surface area contributed by atoms with Crippen LogP contribution in [0.25, 0.3) is 11.4 Å². The van der Waals surface area contributed by atoms with Crippen LogP contribution in [0.4, 0.5) is 18.9 Å². The van der Waals surface area contributed by atoms with E-state index in [1.54, 1.807) is 0 Å². The van der Waals surface area contributed by atoms with Crippen LogP contribution in [0.15, 0.2) is 59.1 Å². The number of nitrogens with zero attached hydrogens (tertiary/aromatic N) is 3. The standard InChI is InChI=1S/C23H23F3N4O2/c1-15(22-28-20(29-32-22)16-7-5-9-18(13-16)23(24,25)26)30-12-6-8-17(14-30)21(31)27-19-10-3-2-4-11-19/h2-5,7,9-11,13,15,17H,6,8,12,14H2,1H3,(H,27,31)/t15-,17-/m1/s1. The molecule has 1 fully saturated rings. The second-order valence-electron chi connectivity index (χ2n) is 7.90. The molecule has 4 rings (SSSR count). The van der Waals surface area contributed by atoms with E-state index in [0.29, 0.717) is 12.4 Å². The summed E-state index contributed by atoms with van der Waals surface area (Å²) in [7, 11) is 0. The summed E-state index contributed by atoms with van der Waals surface area (Å²) in [5.41, 5.74) is 0.226. The highest BCUT2D eigenvalue weighted by Crippen LogP contribution is 2.32. The fraction of sp³-hybridized carbons (Fsp3) is 0.348. The molecule has 1 aliphatic heterocycles. The minimum Gasteiger partial charge on any atom is -0.337 e. The van der Waals surface area contributed by atoms with Crippen molar-refractivity contribution < 1.29 is 22.5 Å². The molecular formula is C23H23F3N4O2. The minimum atomic E-state index is -4.45. The van der Waals surface area contributed by atoms with E-state index in [1.165, 1.54) is 12.1 Å². The van der Waals surface area contributed by atoms with Gasteiger partial charge in [-0.05, 0) is 50.6 Å². The average molecular weight is 444 g/mol. The fourth-order valence-electron chi connectivity index (χ4n) is 3.85. The number of para-hydroxylation sites is 1. The van der Waals surface area contributed by atoms with E-state index in [0.717, 1.165) is 37.2 Å². The van der Waals surface area contributed by atoms with E-state index >= 15 is 0 Å². The molecule has 2 aromatic carbocycles. The molecule has 3 aromatic rings. The third-order valence-electron chi connectivity index (χ3n) is 5.66. The Labute approximate surface area is 183 Å². The zero-order valence-corrected chi connectivity index (χ0v) is 17.5. The lowest BCUT2D eigenvalue weighted by atomic mass is 9.96. The molecule has 1 saturated heterocycles. The Morgan fingerprint density at radius 3 is 2.72 bits per heavy atom. The normalized spacial score (nSPS) is 18.3. The van der Waals surface area contributed by atoms with Crippen LogP contribution >= 0.6 is 0 Å². The number of carbonyl (C=O) groups is 1. The van der Waals surface area contributed by atoms with Crippen LogP contribution in [0.3, 0.4) is 0 Å². The van der Waals surface area contributed by atoms with Gasteiger partial charge in [0.05, 0.1) is 17.5 Å². The Bertz CT molecular complexity index is 1070. The number of nitrogens with one attached hydrogen (secondary N) is 1. The van der Waals surface area contributed by atoms with Crippen molar-refractivity contribution in [3.05, 3.63) is 66.1 Å². The molecule has 9 heteroatoms. The number of rotatable bonds is 5. The first kappa shape index (κ1) is 22.0. The summed E-state index contributed by atoms with van der Waals surface area (Å²) in [6, 6.07) is 13.9. The molecule has 6 nitrogen and oxygen atoms in total. The van der Waals surface area contributed by atoms with Crippen molar-refractivity contribution in [2.45, 2.75) is 32.0 Å². The van der Waals surface area contributed by atoms with Crippen molar-refractivity contribution in [3.8, 4) is 11.4 Å². The second-order valence-corrected chi connectivity index (χ2v) is 7.90. The number of anilines is 1. The topological polar surface area (TPSA) is 71.3 Å². The van der Waals surface area contributed by atoms with Gasteiger partial charge in [0.2, 0.25) is 17.6 Å². The summed E-state index contributed by atoms with van der Waals surface area (Å²) < 4.78 is 44.4. The van der Waals surface area contributed by atoms with Gasteiger partial charge in [0, 0.05) is 17.8 Å². The molecule has 0 radical (unpaired) electrons. The van der Waals surface area contributed by atoms with Crippen molar-refractivity contribution in [3.63, 3.8) is 0 Å². The van der Waals surface area contributed by atoms with Crippen molar-refractivity contribution >= 4 is 11.6 Å². The number of piperidine rings is 1. The molecule has 2 heterocycles. The van der Waals surface area contributed by atoms with Gasteiger partial charge in [-0.2, -0.15) is 18.2 Å². The van der Waals surface area contributed by atoms with Crippen LogP contribution in [0.5, 0.6) is 0 Å². The summed E-state index contributed by atoms with van der Waals surface area (Å²) in [4.78, 5) is 19.1. The summed E-state index contributed by atoms with van der Waals surface area (Å²) in [5.74, 6) is 0.190. The summed E-state index contributed by atoms with van der Waals surface area (Å²) in [5, 5.41) is 6.82. The lowest BCUT2D eigenvalue weighted by Gasteiger charge is -2.34. The zero-order valence-electron chi connectivity index (χ0n) is 17.5. The van der Waals surface area contributed by atoms with E-state index in [9.17, 15) is 18.0 Å². The molecule has 0 aliphatic carbocycles. The third kappa shape index (κ3) is 4.99. The smallest absolute Gasteiger partial charge is 0.337 e. The van der Waals surface area contributed by atoms with Crippen molar-refractivity contribution in [2.75, 3.05) is 18.4 Å². The van der Waals surface area contributed by atoms with Crippen LogP contribution in [-0.2, 0) is 11.0 Å².